The minimum absolute atomic E-state index is 0.0672. The number of anilines is 1. The fourth-order valence-corrected chi connectivity index (χ4v) is 2.77. The second-order valence-corrected chi connectivity index (χ2v) is 6.82. The highest BCUT2D eigenvalue weighted by Crippen LogP contribution is 2.32. The zero-order valence-corrected chi connectivity index (χ0v) is 15.3. The van der Waals surface area contributed by atoms with Gasteiger partial charge in [0.15, 0.2) is 0 Å². The second kappa shape index (κ2) is 7.19. The number of amides is 1. The van der Waals surface area contributed by atoms with Crippen molar-refractivity contribution in [3.8, 4) is 17.4 Å². The largest absolute Gasteiger partial charge is 0.439 e. The van der Waals surface area contributed by atoms with Crippen LogP contribution in [0.2, 0.25) is 0 Å². The Balaban J connectivity index is 1.43. The summed E-state index contributed by atoms with van der Waals surface area (Å²) in [6.45, 7) is 3.94. The molecular weight excluding hydrogens is 342 g/mol. The molecule has 1 aliphatic carbocycles. The molecule has 3 aromatic rings. The lowest BCUT2D eigenvalue weighted by Gasteiger charge is -2.09. The van der Waals surface area contributed by atoms with Crippen molar-refractivity contribution in [2.75, 3.05) is 5.32 Å². The highest BCUT2D eigenvalue weighted by Gasteiger charge is 2.24. The van der Waals surface area contributed by atoms with Crippen LogP contribution in [0, 0.1) is 19.8 Å². The number of aryl methyl sites for hydroxylation is 1. The number of aromatic nitrogens is 4. The lowest BCUT2D eigenvalue weighted by molar-refractivity contribution is -0.116. The predicted molar refractivity (Wildman–Crippen MR) is 101 cm³/mol. The van der Waals surface area contributed by atoms with Gasteiger partial charge in [0.05, 0.1) is 5.69 Å². The molecule has 7 nitrogen and oxygen atoms in total. The van der Waals surface area contributed by atoms with Crippen LogP contribution in [0.15, 0.2) is 43.0 Å². The summed E-state index contributed by atoms with van der Waals surface area (Å²) in [4.78, 5) is 24.6. The van der Waals surface area contributed by atoms with Crippen molar-refractivity contribution in [1.82, 2.24) is 19.5 Å². The molecule has 0 saturated heterocycles. The first-order valence-electron chi connectivity index (χ1n) is 8.99. The van der Waals surface area contributed by atoms with Gasteiger partial charge in [-0.05, 0) is 56.9 Å². The van der Waals surface area contributed by atoms with E-state index >= 15 is 0 Å². The van der Waals surface area contributed by atoms with Gasteiger partial charge < -0.3 is 10.1 Å². The normalized spacial score (nSPS) is 13.4. The first-order valence-corrected chi connectivity index (χ1v) is 8.99. The Morgan fingerprint density at radius 2 is 1.96 bits per heavy atom. The number of ether oxygens (including phenoxy) is 1. The smallest absolute Gasteiger partial charge is 0.224 e. The van der Waals surface area contributed by atoms with Crippen LogP contribution >= 0.6 is 0 Å². The van der Waals surface area contributed by atoms with Crippen molar-refractivity contribution in [1.29, 1.82) is 0 Å². The maximum Gasteiger partial charge on any atom is 0.224 e. The molecule has 1 N–H and O–H groups in total. The first kappa shape index (κ1) is 17.2. The molecule has 2 aromatic heterocycles. The number of hydrogen-bond donors (Lipinski definition) is 1. The third kappa shape index (κ3) is 4.13. The SMILES string of the molecule is Cc1ncn(-c2cc(Oc3ccc(NC(=O)CC4CC4)cc3)ncn2)c1C. The van der Waals surface area contributed by atoms with Crippen LogP contribution in [0.5, 0.6) is 11.6 Å². The molecule has 1 aliphatic rings. The van der Waals surface area contributed by atoms with E-state index in [1.54, 1.807) is 24.5 Å². The number of imidazole rings is 1. The highest BCUT2D eigenvalue weighted by molar-refractivity contribution is 5.91. The summed E-state index contributed by atoms with van der Waals surface area (Å²) < 4.78 is 7.72. The van der Waals surface area contributed by atoms with E-state index in [4.69, 9.17) is 4.74 Å². The minimum Gasteiger partial charge on any atom is -0.439 e. The quantitative estimate of drug-likeness (QED) is 0.720. The van der Waals surface area contributed by atoms with E-state index in [1.165, 1.54) is 19.2 Å². The van der Waals surface area contributed by atoms with Gasteiger partial charge >= 0.3 is 0 Å². The molecule has 0 bridgehead atoms. The standard InChI is InChI=1S/C20H21N5O2/c1-13-14(2)25(12-23-13)18-10-20(22-11-21-18)27-17-7-5-16(6-8-17)24-19(26)9-15-3-4-15/h5-8,10-12,15H,3-4,9H2,1-2H3,(H,24,26). The molecule has 0 radical (unpaired) electrons. The maximum absolute atomic E-state index is 11.9. The van der Waals surface area contributed by atoms with Crippen LogP contribution in [0.3, 0.4) is 0 Å². The van der Waals surface area contributed by atoms with E-state index in [0.717, 1.165) is 17.1 Å². The topological polar surface area (TPSA) is 81.9 Å². The van der Waals surface area contributed by atoms with Gasteiger partial charge in [-0.25, -0.2) is 15.0 Å². The third-order valence-corrected chi connectivity index (χ3v) is 4.66. The molecule has 0 atom stereocenters. The van der Waals surface area contributed by atoms with Gasteiger partial charge in [0.25, 0.3) is 0 Å². The molecule has 1 fully saturated rings. The molecule has 0 unspecified atom stereocenters. The highest BCUT2D eigenvalue weighted by atomic mass is 16.5. The molecule has 0 aliphatic heterocycles. The first-order chi connectivity index (χ1) is 13.1. The van der Waals surface area contributed by atoms with Crippen molar-refractivity contribution in [3.63, 3.8) is 0 Å². The van der Waals surface area contributed by atoms with Gasteiger partial charge in [0.2, 0.25) is 11.8 Å². The van der Waals surface area contributed by atoms with Crippen molar-refractivity contribution < 1.29 is 9.53 Å². The van der Waals surface area contributed by atoms with Crippen LogP contribution < -0.4 is 10.1 Å². The van der Waals surface area contributed by atoms with E-state index in [0.29, 0.717) is 29.8 Å². The minimum atomic E-state index is 0.0672. The number of carbonyl (C=O) groups is 1. The van der Waals surface area contributed by atoms with Crippen molar-refractivity contribution in [2.45, 2.75) is 33.1 Å². The number of rotatable bonds is 6. The average Bonchev–Trinajstić information content (AvgIpc) is 3.41. The van der Waals surface area contributed by atoms with E-state index in [-0.39, 0.29) is 5.91 Å². The number of hydrogen-bond acceptors (Lipinski definition) is 5. The fraction of sp³-hybridized carbons (Fsp3) is 0.300. The molecule has 7 heteroatoms. The molecular formula is C20H21N5O2. The molecule has 1 saturated carbocycles. The van der Waals surface area contributed by atoms with Gasteiger partial charge in [-0.2, -0.15) is 0 Å². The Bertz CT molecular complexity index is 961. The molecule has 1 aromatic carbocycles. The Labute approximate surface area is 157 Å². The molecule has 2 heterocycles. The summed E-state index contributed by atoms with van der Waals surface area (Å²) >= 11 is 0. The Kier molecular flexibility index (Phi) is 4.58. The van der Waals surface area contributed by atoms with E-state index in [2.05, 4.69) is 20.3 Å². The number of carbonyl (C=O) groups excluding carboxylic acids is 1. The summed E-state index contributed by atoms with van der Waals surface area (Å²) in [5.41, 5.74) is 2.74. The molecule has 27 heavy (non-hydrogen) atoms. The molecule has 4 rings (SSSR count). The summed E-state index contributed by atoms with van der Waals surface area (Å²) in [6.07, 6.45) is 6.13. The zero-order valence-electron chi connectivity index (χ0n) is 15.3. The van der Waals surface area contributed by atoms with Crippen molar-refractivity contribution in [2.24, 2.45) is 5.92 Å². The van der Waals surface area contributed by atoms with Crippen molar-refractivity contribution in [3.05, 3.63) is 54.4 Å². The van der Waals surface area contributed by atoms with Gasteiger partial charge in [-0.15, -0.1) is 0 Å². The van der Waals surface area contributed by atoms with E-state index in [9.17, 15) is 4.79 Å². The molecule has 0 spiro atoms. The van der Waals surface area contributed by atoms with Crippen LogP contribution in [-0.2, 0) is 4.79 Å². The Morgan fingerprint density at radius 3 is 2.63 bits per heavy atom. The summed E-state index contributed by atoms with van der Waals surface area (Å²) in [5, 5.41) is 2.91. The summed E-state index contributed by atoms with van der Waals surface area (Å²) in [5.74, 6) is 2.41. The van der Waals surface area contributed by atoms with E-state index in [1.807, 2.05) is 30.5 Å². The fourth-order valence-electron chi connectivity index (χ4n) is 2.77. The van der Waals surface area contributed by atoms with Gasteiger partial charge in [-0.3, -0.25) is 9.36 Å². The Hall–Kier alpha value is -3.22. The van der Waals surface area contributed by atoms with Gasteiger partial charge in [0, 0.05) is 23.9 Å². The lowest BCUT2D eigenvalue weighted by Crippen LogP contribution is -2.11. The summed E-state index contributed by atoms with van der Waals surface area (Å²) in [6, 6.07) is 9.03. The second-order valence-electron chi connectivity index (χ2n) is 6.82. The zero-order chi connectivity index (χ0) is 18.8. The maximum atomic E-state index is 11.9. The van der Waals surface area contributed by atoms with Gasteiger partial charge in [-0.1, -0.05) is 0 Å². The summed E-state index contributed by atoms with van der Waals surface area (Å²) in [7, 11) is 0. The van der Waals surface area contributed by atoms with Crippen LogP contribution in [0.4, 0.5) is 5.69 Å². The van der Waals surface area contributed by atoms with Crippen LogP contribution in [0.25, 0.3) is 5.82 Å². The average molecular weight is 363 g/mol. The molecule has 138 valence electrons. The van der Waals surface area contributed by atoms with Crippen LogP contribution in [-0.4, -0.2) is 25.4 Å². The molecule has 1 amide bonds. The third-order valence-electron chi connectivity index (χ3n) is 4.66. The Morgan fingerprint density at radius 1 is 1.19 bits per heavy atom. The lowest BCUT2D eigenvalue weighted by atomic mass is 10.2. The predicted octanol–water partition coefficient (Wildman–Crippen LogP) is 3.81. The van der Waals surface area contributed by atoms with Crippen molar-refractivity contribution >= 4 is 11.6 Å². The number of benzene rings is 1. The van der Waals surface area contributed by atoms with Crippen LogP contribution in [0.1, 0.15) is 30.7 Å². The number of nitrogens with zero attached hydrogens (tertiary/aromatic N) is 4. The monoisotopic (exact) mass is 363 g/mol. The number of nitrogens with one attached hydrogen (secondary N) is 1. The van der Waals surface area contributed by atoms with E-state index < -0.39 is 0 Å². The van der Waals surface area contributed by atoms with Gasteiger partial charge in [0.1, 0.15) is 24.2 Å².